The number of amides is 1. The lowest BCUT2D eigenvalue weighted by molar-refractivity contribution is 0.102. The van der Waals surface area contributed by atoms with Gasteiger partial charge in [0.2, 0.25) is 0 Å². The minimum atomic E-state index is -1.55. The second-order valence-electron chi connectivity index (χ2n) is 8.29. The normalized spacial score (nSPS) is 14.2. The number of nitrogens with one attached hydrogen (secondary N) is 1. The molecule has 2 rings (SSSR count). The molecule has 3 unspecified atom stereocenters. The molecular formula is C25H32F3NOS. The quantitative estimate of drug-likeness (QED) is 0.276. The summed E-state index contributed by atoms with van der Waals surface area (Å²) in [4.78, 5) is 13.6. The molecule has 0 saturated heterocycles. The standard InChI is InChI=1S/C25H32F3NOS/c1-5-8-16(3)12-23(17(4)9-6-2)31-20-11-7-10-18(13-20)25(30)29-19-14-21(26)24(28)22(27)15-19/h7,10-11,13-17,23H,5-6,8-9,12H2,1-4H3,(H,29,30). The third-order valence-corrected chi connectivity index (χ3v) is 6.91. The van der Waals surface area contributed by atoms with Gasteiger partial charge in [-0.15, -0.1) is 11.8 Å². The Hall–Kier alpha value is -1.95. The number of hydrogen-bond donors (Lipinski definition) is 1. The Morgan fingerprint density at radius 1 is 1.00 bits per heavy atom. The van der Waals surface area contributed by atoms with E-state index in [0.29, 0.717) is 22.6 Å². The van der Waals surface area contributed by atoms with Crippen LogP contribution < -0.4 is 5.32 Å². The van der Waals surface area contributed by atoms with Crippen molar-refractivity contribution in [2.75, 3.05) is 5.32 Å². The van der Waals surface area contributed by atoms with Crippen LogP contribution in [0.1, 0.15) is 70.2 Å². The molecule has 0 saturated carbocycles. The van der Waals surface area contributed by atoms with Gasteiger partial charge in [0, 0.05) is 33.5 Å². The fourth-order valence-electron chi connectivity index (χ4n) is 3.76. The van der Waals surface area contributed by atoms with Gasteiger partial charge in [0.15, 0.2) is 17.5 Å². The van der Waals surface area contributed by atoms with E-state index in [4.69, 9.17) is 0 Å². The SMILES string of the molecule is CCCC(C)CC(Sc1cccc(C(=O)Nc2cc(F)c(F)c(F)c2)c1)C(C)CCC. The Kier molecular flexibility index (Phi) is 9.94. The Morgan fingerprint density at radius 2 is 1.65 bits per heavy atom. The first-order valence-electron chi connectivity index (χ1n) is 11.0. The van der Waals surface area contributed by atoms with Crippen LogP contribution in [0, 0.1) is 29.3 Å². The van der Waals surface area contributed by atoms with Crippen LogP contribution in [0.2, 0.25) is 0 Å². The van der Waals surface area contributed by atoms with Crippen LogP contribution >= 0.6 is 11.8 Å². The first-order chi connectivity index (χ1) is 14.7. The average Bonchev–Trinajstić information content (AvgIpc) is 2.72. The van der Waals surface area contributed by atoms with Gasteiger partial charge >= 0.3 is 0 Å². The van der Waals surface area contributed by atoms with Gasteiger partial charge in [0.25, 0.3) is 5.91 Å². The molecule has 2 aromatic rings. The molecule has 0 bridgehead atoms. The smallest absolute Gasteiger partial charge is 0.255 e. The number of halogens is 3. The van der Waals surface area contributed by atoms with Gasteiger partial charge in [-0.25, -0.2) is 13.2 Å². The summed E-state index contributed by atoms with van der Waals surface area (Å²) in [6, 6.07) is 8.78. The molecule has 0 heterocycles. The van der Waals surface area contributed by atoms with Crippen LogP contribution in [-0.4, -0.2) is 11.2 Å². The van der Waals surface area contributed by atoms with Crippen molar-refractivity contribution in [3.63, 3.8) is 0 Å². The van der Waals surface area contributed by atoms with Crippen LogP contribution in [0.4, 0.5) is 18.9 Å². The number of hydrogen-bond acceptors (Lipinski definition) is 2. The minimum absolute atomic E-state index is 0.123. The molecular weight excluding hydrogens is 419 g/mol. The molecule has 1 N–H and O–H groups in total. The zero-order valence-electron chi connectivity index (χ0n) is 18.7. The van der Waals surface area contributed by atoms with Crippen molar-refractivity contribution in [1.29, 1.82) is 0 Å². The monoisotopic (exact) mass is 451 g/mol. The number of rotatable bonds is 11. The summed E-state index contributed by atoms with van der Waals surface area (Å²) >= 11 is 1.79. The largest absolute Gasteiger partial charge is 0.322 e. The Morgan fingerprint density at radius 3 is 2.26 bits per heavy atom. The third kappa shape index (κ3) is 7.60. The maximum Gasteiger partial charge on any atom is 0.255 e. The molecule has 0 aliphatic rings. The van der Waals surface area contributed by atoms with Gasteiger partial charge in [0.1, 0.15) is 0 Å². The lowest BCUT2D eigenvalue weighted by Crippen LogP contribution is -2.18. The van der Waals surface area contributed by atoms with Crippen LogP contribution in [0.25, 0.3) is 0 Å². The highest BCUT2D eigenvalue weighted by Crippen LogP contribution is 2.35. The van der Waals surface area contributed by atoms with Gasteiger partial charge in [0.05, 0.1) is 0 Å². The second-order valence-corrected chi connectivity index (χ2v) is 9.60. The predicted octanol–water partition coefficient (Wildman–Crippen LogP) is 8.08. The Labute approximate surface area is 188 Å². The minimum Gasteiger partial charge on any atom is -0.322 e. The van der Waals surface area contributed by atoms with E-state index in [-0.39, 0.29) is 5.69 Å². The second kappa shape index (κ2) is 12.2. The first kappa shape index (κ1) is 25.3. The first-order valence-corrected chi connectivity index (χ1v) is 11.9. The summed E-state index contributed by atoms with van der Waals surface area (Å²) in [5.74, 6) is -3.54. The molecule has 0 aromatic heterocycles. The van der Waals surface area contributed by atoms with Crippen LogP contribution in [0.15, 0.2) is 41.3 Å². The van der Waals surface area contributed by atoms with E-state index in [0.717, 1.165) is 36.3 Å². The summed E-state index contributed by atoms with van der Waals surface area (Å²) < 4.78 is 40.0. The van der Waals surface area contributed by atoms with Gasteiger partial charge in [-0.2, -0.15) is 0 Å². The molecule has 31 heavy (non-hydrogen) atoms. The lowest BCUT2D eigenvalue weighted by Gasteiger charge is -2.26. The van der Waals surface area contributed by atoms with Crippen molar-refractivity contribution in [2.24, 2.45) is 11.8 Å². The number of carbonyl (C=O) groups is 1. The zero-order valence-corrected chi connectivity index (χ0v) is 19.5. The van der Waals surface area contributed by atoms with Gasteiger partial charge in [-0.1, -0.05) is 53.0 Å². The summed E-state index contributed by atoms with van der Waals surface area (Å²) in [5.41, 5.74) is 0.265. The van der Waals surface area contributed by atoms with Gasteiger partial charge in [-0.05, 0) is 42.9 Å². The third-order valence-electron chi connectivity index (χ3n) is 5.42. The van der Waals surface area contributed by atoms with Crippen molar-refractivity contribution in [1.82, 2.24) is 0 Å². The zero-order chi connectivity index (χ0) is 23.0. The molecule has 0 fully saturated rings. The van der Waals surface area contributed by atoms with E-state index in [1.807, 2.05) is 6.07 Å². The molecule has 0 radical (unpaired) electrons. The molecule has 6 heteroatoms. The fraction of sp³-hybridized carbons (Fsp3) is 0.480. The molecule has 0 aliphatic carbocycles. The van der Waals surface area contributed by atoms with Crippen molar-refractivity contribution in [3.05, 3.63) is 59.4 Å². The highest BCUT2D eigenvalue weighted by molar-refractivity contribution is 8.00. The fourth-order valence-corrected chi connectivity index (χ4v) is 5.26. The number of thioether (sulfide) groups is 1. The van der Waals surface area contributed by atoms with Gasteiger partial charge in [-0.3, -0.25) is 4.79 Å². The van der Waals surface area contributed by atoms with E-state index < -0.39 is 23.4 Å². The molecule has 2 aromatic carbocycles. The van der Waals surface area contributed by atoms with E-state index in [2.05, 4.69) is 33.0 Å². The summed E-state index contributed by atoms with van der Waals surface area (Å²) in [7, 11) is 0. The van der Waals surface area contributed by atoms with Crippen molar-refractivity contribution < 1.29 is 18.0 Å². The Balaban J connectivity index is 2.15. The van der Waals surface area contributed by atoms with E-state index in [1.54, 1.807) is 30.0 Å². The van der Waals surface area contributed by atoms with E-state index >= 15 is 0 Å². The molecule has 170 valence electrons. The van der Waals surface area contributed by atoms with Crippen molar-refractivity contribution >= 4 is 23.4 Å². The molecule has 1 amide bonds. The molecule has 0 spiro atoms. The number of carbonyl (C=O) groups excluding carboxylic acids is 1. The summed E-state index contributed by atoms with van der Waals surface area (Å²) in [6.07, 6.45) is 5.76. The highest BCUT2D eigenvalue weighted by atomic mass is 32.2. The van der Waals surface area contributed by atoms with Crippen LogP contribution in [0.3, 0.4) is 0 Å². The van der Waals surface area contributed by atoms with E-state index in [9.17, 15) is 18.0 Å². The highest BCUT2D eigenvalue weighted by Gasteiger charge is 2.21. The molecule has 0 aliphatic heterocycles. The average molecular weight is 452 g/mol. The van der Waals surface area contributed by atoms with Crippen molar-refractivity contribution in [3.8, 4) is 0 Å². The predicted molar refractivity (Wildman–Crippen MR) is 123 cm³/mol. The maximum absolute atomic E-state index is 13.4. The van der Waals surface area contributed by atoms with Crippen LogP contribution in [0.5, 0.6) is 0 Å². The van der Waals surface area contributed by atoms with Gasteiger partial charge < -0.3 is 5.32 Å². The Bertz CT molecular complexity index is 851. The number of anilines is 1. The summed E-state index contributed by atoms with van der Waals surface area (Å²) in [5, 5.41) is 2.89. The van der Waals surface area contributed by atoms with Crippen LogP contribution in [-0.2, 0) is 0 Å². The summed E-state index contributed by atoms with van der Waals surface area (Å²) in [6.45, 7) is 8.98. The van der Waals surface area contributed by atoms with Crippen molar-refractivity contribution in [2.45, 2.75) is 69.9 Å². The van der Waals surface area contributed by atoms with E-state index in [1.165, 1.54) is 12.8 Å². The molecule has 2 nitrogen and oxygen atoms in total. The molecule has 3 atom stereocenters. The lowest BCUT2D eigenvalue weighted by atomic mass is 9.92. The number of benzene rings is 2. The topological polar surface area (TPSA) is 29.1 Å². The maximum atomic E-state index is 13.4.